The Hall–Kier alpha value is -1.72. The molecule has 1 aromatic heterocycles. The molecule has 1 amide bonds. The monoisotopic (exact) mass is 302 g/mol. The van der Waals surface area contributed by atoms with Crippen LogP contribution in [0.1, 0.15) is 23.3 Å². The summed E-state index contributed by atoms with van der Waals surface area (Å²) < 4.78 is 11.5. The van der Waals surface area contributed by atoms with Crippen LogP contribution in [0.5, 0.6) is 0 Å². The number of rotatable bonds is 5. The molecule has 1 saturated heterocycles. The molecule has 5 heteroatoms. The van der Waals surface area contributed by atoms with E-state index in [0.717, 1.165) is 12.8 Å². The Morgan fingerprint density at radius 3 is 3.18 bits per heavy atom. The van der Waals surface area contributed by atoms with Crippen molar-refractivity contribution in [3.8, 4) is 0 Å². The van der Waals surface area contributed by atoms with Crippen molar-refractivity contribution in [3.05, 3.63) is 42.7 Å². The van der Waals surface area contributed by atoms with Crippen LogP contribution in [0.3, 0.4) is 0 Å². The standard InChI is InChI=1S/C17H22N2O3/c1-2-10-21-12-13-6-7-15-16(13)22-11-9-19(15)17(20)14-5-3-4-8-18-14/h2-5,8,13,15-16H,1,6-7,9-12H2/t13?,15-,16-/m0/s1. The van der Waals surface area contributed by atoms with Gasteiger partial charge >= 0.3 is 0 Å². The fraction of sp³-hybridized carbons (Fsp3) is 0.529. The van der Waals surface area contributed by atoms with Crippen LogP contribution in [-0.2, 0) is 9.47 Å². The molecule has 3 rings (SSSR count). The van der Waals surface area contributed by atoms with Crippen LogP contribution in [0.15, 0.2) is 37.1 Å². The highest BCUT2D eigenvalue weighted by Crippen LogP contribution is 2.35. The number of hydrogen-bond donors (Lipinski definition) is 0. The Labute approximate surface area is 130 Å². The molecule has 0 aromatic carbocycles. The quantitative estimate of drug-likeness (QED) is 0.616. The van der Waals surface area contributed by atoms with E-state index in [1.54, 1.807) is 18.3 Å². The molecule has 118 valence electrons. The van der Waals surface area contributed by atoms with Gasteiger partial charge in [-0.05, 0) is 25.0 Å². The van der Waals surface area contributed by atoms with Gasteiger partial charge in [-0.25, -0.2) is 0 Å². The fourth-order valence-electron chi connectivity index (χ4n) is 3.43. The minimum absolute atomic E-state index is 0.00607. The number of morpholine rings is 1. The Morgan fingerprint density at radius 2 is 2.41 bits per heavy atom. The van der Waals surface area contributed by atoms with Gasteiger partial charge in [0, 0.05) is 18.7 Å². The predicted molar refractivity (Wildman–Crippen MR) is 82.5 cm³/mol. The average Bonchev–Trinajstić information content (AvgIpc) is 2.98. The van der Waals surface area contributed by atoms with Gasteiger partial charge in [0.15, 0.2) is 0 Å². The molecule has 0 N–H and O–H groups in total. The summed E-state index contributed by atoms with van der Waals surface area (Å²) in [5.74, 6) is 0.357. The topological polar surface area (TPSA) is 51.7 Å². The van der Waals surface area contributed by atoms with Crippen molar-refractivity contribution in [1.29, 1.82) is 0 Å². The molecule has 2 fully saturated rings. The van der Waals surface area contributed by atoms with Crippen LogP contribution < -0.4 is 0 Å². The van der Waals surface area contributed by atoms with Crippen molar-refractivity contribution >= 4 is 5.91 Å². The molecule has 5 nitrogen and oxygen atoms in total. The Bertz CT molecular complexity index is 520. The second kappa shape index (κ2) is 7.03. The number of ether oxygens (including phenoxy) is 2. The van der Waals surface area contributed by atoms with E-state index >= 15 is 0 Å². The maximum absolute atomic E-state index is 12.7. The van der Waals surface area contributed by atoms with E-state index in [9.17, 15) is 4.79 Å². The summed E-state index contributed by atoms with van der Waals surface area (Å²) in [7, 11) is 0. The van der Waals surface area contributed by atoms with E-state index in [2.05, 4.69) is 11.6 Å². The third-order valence-corrected chi connectivity index (χ3v) is 4.43. The number of hydrogen-bond acceptors (Lipinski definition) is 4. The van der Waals surface area contributed by atoms with Crippen LogP contribution in [-0.4, -0.2) is 54.3 Å². The van der Waals surface area contributed by atoms with Crippen LogP contribution >= 0.6 is 0 Å². The highest BCUT2D eigenvalue weighted by molar-refractivity contribution is 5.92. The lowest BCUT2D eigenvalue weighted by Crippen LogP contribution is -2.53. The fourth-order valence-corrected chi connectivity index (χ4v) is 3.43. The SMILES string of the molecule is C=CCOCC1CC[C@H]2[C@H]1OCCN2C(=O)c1ccccn1. The third-order valence-electron chi connectivity index (χ3n) is 4.43. The minimum Gasteiger partial charge on any atom is -0.377 e. The average molecular weight is 302 g/mol. The van der Waals surface area contributed by atoms with Gasteiger partial charge in [-0.3, -0.25) is 9.78 Å². The summed E-state index contributed by atoms with van der Waals surface area (Å²) in [6, 6.07) is 5.58. The van der Waals surface area contributed by atoms with Crippen LogP contribution in [0.4, 0.5) is 0 Å². The summed E-state index contributed by atoms with van der Waals surface area (Å²) in [4.78, 5) is 18.8. The number of pyridine rings is 1. The molecule has 2 heterocycles. The van der Waals surface area contributed by atoms with Gasteiger partial charge in [0.2, 0.25) is 0 Å². The Kier molecular flexibility index (Phi) is 4.85. The van der Waals surface area contributed by atoms with Gasteiger partial charge < -0.3 is 14.4 Å². The zero-order chi connectivity index (χ0) is 15.4. The normalized spacial score (nSPS) is 27.5. The maximum Gasteiger partial charge on any atom is 0.272 e. The van der Waals surface area contributed by atoms with E-state index in [1.807, 2.05) is 17.0 Å². The number of carbonyl (C=O) groups excluding carboxylic acids is 1. The van der Waals surface area contributed by atoms with E-state index in [0.29, 0.717) is 38.0 Å². The summed E-state index contributed by atoms with van der Waals surface area (Å²) in [5, 5.41) is 0. The maximum atomic E-state index is 12.7. The van der Waals surface area contributed by atoms with E-state index in [4.69, 9.17) is 9.47 Å². The first kappa shape index (κ1) is 15.2. The van der Waals surface area contributed by atoms with Gasteiger partial charge in [0.05, 0.1) is 32.0 Å². The molecular weight excluding hydrogens is 280 g/mol. The molecule has 0 spiro atoms. The molecule has 1 aliphatic heterocycles. The highest BCUT2D eigenvalue weighted by Gasteiger charge is 2.44. The van der Waals surface area contributed by atoms with Gasteiger partial charge in [0.25, 0.3) is 5.91 Å². The molecule has 0 bridgehead atoms. The molecule has 22 heavy (non-hydrogen) atoms. The second-order valence-electron chi connectivity index (χ2n) is 5.78. The van der Waals surface area contributed by atoms with E-state index in [1.165, 1.54) is 0 Å². The lowest BCUT2D eigenvalue weighted by atomic mass is 10.0. The van der Waals surface area contributed by atoms with Gasteiger partial charge in [-0.2, -0.15) is 0 Å². The van der Waals surface area contributed by atoms with Crippen LogP contribution in [0, 0.1) is 5.92 Å². The smallest absolute Gasteiger partial charge is 0.272 e. The number of aromatic nitrogens is 1. The zero-order valence-electron chi connectivity index (χ0n) is 12.7. The van der Waals surface area contributed by atoms with Crippen molar-refractivity contribution in [1.82, 2.24) is 9.88 Å². The van der Waals surface area contributed by atoms with Gasteiger partial charge in [-0.1, -0.05) is 12.1 Å². The molecular formula is C17H22N2O3. The predicted octanol–water partition coefficient (Wildman–Crippen LogP) is 1.90. The summed E-state index contributed by atoms with van der Waals surface area (Å²) in [6.45, 7) is 6.10. The van der Waals surface area contributed by atoms with Crippen molar-refractivity contribution in [2.45, 2.75) is 25.0 Å². The van der Waals surface area contributed by atoms with Gasteiger partial charge in [0.1, 0.15) is 5.69 Å². The van der Waals surface area contributed by atoms with Gasteiger partial charge in [-0.15, -0.1) is 6.58 Å². The minimum atomic E-state index is 0.00607. The molecule has 0 radical (unpaired) electrons. The largest absolute Gasteiger partial charge is 0.377 e. The number of carbonyl (C=O) groups is 1. The first-order chi connectivity index (χ1) is 10.8. The van der Waals surface area contributed by atoms with E-state index in [-0.39, 0.29) is 18.1 Å². The molecule has 1 aromatic rings. The summed E-state index contributed by atoms with van der Waals surface area (Å²) in [6.07, 6.45) is 5.48. The number of fused-ring (bicyclic) bond motifs is 1. The summed E-state index contributed by atoms with van der Waals surface area (Å²) in [5.41, 5.74) is 0.509. The van der Waals surface area contributed by atoms with Crippen molar-refractivity contribution < 1.29 is 14.3 Å². The Morgan fingerprint density at radius 1 is 1.50 bits per heavy atom. The number of amides is 1. The van der Waals surface area contributed by atoms with Crippen LogP contribution in [0.2, 0.25) is 0 Å². The lowest BCUT2D eigenvalue weighted by molar-refractivity contribution is -0.0739. The van der Waals surface area contributed by atoms with E-state index < -0.39 is 0 Å². The van der Waals surface area contributed by atoms with Crippen LogP contribution in [0.25, 0.3) is 0 Å². The zero-order valence-corrected chi connectivity index (χ0v) is 12.7. The highest BCUT2D eigenvalue weighted by atomic mass is 16.5. The second-order valence-corrected chi connectivity index (χ2v) is 5.78. The molecule has 2 aliphatic rings. The lowest BCUT2D eigenvalue weighted by Gasteiger charge is -2.39. The third kappa shape index (κ3) is 3.05. The molecule has 3 atom stereocenters. The van der Waals surface area contributed by atoms with Crippen molar-refractivity contribution in [2.75, 3.05) is 26.4 Å². The summed E-state index contributed by atoms with van der Waals surface area (Å²) >= 11 is 0. The Balaban J connectivity index is 1.67. The first-order valence-corrected chi connectivity index (χ1v) is 7.83. The molecule has 1 saturated carbocycles. The number of nitrogens with zero attached hydrogens (tertiary/aromatic N) is 2. The van der Waals surface area contributed by atoms with Crippen molar-refractivity contribution in [3.63, 3.8) is 0 Å². The molecule has 1 aliphatic carbocycles. The first-order valence-electron chi connectivity index (χ1n) is 7.83. The van der Waals surface area contributed by atoms with Crippen molar-refractivity contribution in [2.24, 2.45) is 5.92 Å². The molecule has 1 unspecified atom stereocenters.